The molecule has 0 unspecified atom stereocenters. The Bertz CT molecular complexity index is 1970. The number of carbonyl (C=O) groups excluding carboxylic acids is 4. The van der Waals surface area contributed by atoms with Gasteiger partial charge < -0.3 is 24.0 Å². The van der Waals surface area contributed by atoms with E-state index in [1.807, 2.05) is 51.9 Å². The number of hydrogen-bond acceptors (Lipinski definition) is 8. The Kier molecular flexibility index (Phi) is 14.0. The van der Waals surface area contributed by atoms with E-state index in [0.29, 0.717) is 54.8 Å². The molecular formula is C55H84N2O7. The predicted molar refractivity (Wildman–Crippen MR) is 255 cm³/mol. The topological polar surface area (TPSA) is 102 Å². The zero-order valence-corrected chi connectivity index (χ0v) is 42.3. The zero-order valence-electron chi connectivity index (χ0n) is 42.3. The Morgan fingerprint density at radius 1 is 0.734 bits per heavy atom. The molecule has 5 aliphatic rings. The lowest BCUT2D eigenvalue weighted by molar-refractivity contribution is -0.226. The number of benzene rings is 1. The third kappa shape index (κ3) is 9.41. The van der Waals surface area contributed by atoms with Gasteiger partial charge in [-0.15, -0.1) is 0 Å². The van der Waals surface area contributed by atoms with Crippen molar-refractivity contribution < 1.29 is 33.4 Å². The standard InChI is InChI=1S/C55H84N2O7/c1-36(2)39-24-29-55(48(61)57(15)33-32-56(14)34-35-62-44(58)22-23-45(59)63-49(3,4)5)31-30-53(12)41(46(39)55)20-21-43-52(11)27-25-40(51(9,10)42(52)26-28-54(43,53)13)37-16-18-38(19-17-37)47(60)64-50(6,7)8/h16-19,25,39,41-43,46H,1,20-24,26-35H2,2-15H3/t39-,41+,42-,43+,46+,52-,53+,54+,55-/m0/s1. The van der Waals surface area contributed by atoms with Crippen molar-refractivity contribution in [1.29, 1.82) is 0 Å². The van der Waals surface area contributed by atoms with Gasteiger partial charge in [-0.2, -0.15) is 0 Å². The number of amides is 1. The molecular weight excluding hydrogens is 801 g/mol. The lowest BCUT2D eigenvalue weighted by atomic mass is 9.32. The van der Waals surface area contributed by atoms with Crippen molar-refractivity contribution in [3.8, 4) is 0 Å². The molecule has 0 spiro atoms. The van der Waals surface area contributed by atoms with Gasteiger partial charge in [0.15, 0.2) is 0 Å². The summed E-state index contributed by atoms with van der Waals surface area (Å²) >= 11 is 0. The van der Waals surface area contributed by atoms with Crippen LogP contribution in [-0.4, -0.2) is 85.2 Å². The maximum absolute atomic E-state index is 15.0. The zero-order chi connectivity index (χ0) is 47.4. The van der Waals surface area contributed by atoms with Gasteiger partial charge in [-0.1, -0.05) is 65.0 Å². The van der Waals surface area contributed by atoms with Crippen LogP contribution in [0.2, 0.25) is 0 Å². The Hall–Kier alpha value is -3.46. The minimum Gasteiger partial charge on any atom is -0.464 e. The summed E-state index contributed by atoms with van der Waals surface area (Å²) < 4.78 is 16.4. The van der Waals surface area contributed by atoms with Gasteiger partial charge in [0.2, 0.25) is 5.91 Å². The Morgan fingerprint density at radius 2 is 1.38 bits per heavy atom. The minimum atomic E-state index is -0.585. The van der Waals surface area contributed by atoms with Crippen molar-refractivity contribution in [2.24, 2.45) is 56.7 Å². The first-order valence-electron chi connectivity index (χ1n) is 24.6. The lowest BCUT2D eigenvalue weighted by Gasteiger charge is -2.72. The van der Waals surface area contributed by atoms with E-state index >= 15 is 4.79 Å². The number of esters is 3. The second-order valence-electron chi connectivity index (χ2n) is 24.3. The summed E-state index contributed by atoms with van der Waals surface area (Å²) in [5, 5.41) is 0. The fourth-order valence-corrected chi connectivity index (χ4v) is 14.6. The molecule has 9 heteroatoms. The number of ether oxygens (including phenoxy) is 3. The molecule has 4 fully saturated rings. The van der Waals surface area contributed by atoms with E-state index in [1.165, 1.54) is 36.0 Å². The summed E-state index contributed by atoms with van der Waals surface area (Å²) in [5.74, 6) is 1.43. The van der Waals surface area contributed by atoms with Gasteiger partial charge in [-0.05, 0) is 188 Å². The van der Waals surface area contributed by atoms with Gasteiger partial charge in [-0.3, -0.25) is 14.4 Å². The van der Waals surface area contributed by atoms with E-state index in [-0.39, 0.29) is 58.4 Å². The number of nitrogens with zero attached hydrogens (tertiary/aromatic N) is 2. The second-order valence-corrected chi connectivity index (χ2v) is 24.3. The second kappa shape index (κ2) is 18.0. The molecule has 6 rings (SSSR count). The number of allylic oxidation sites excluding steroid dienone is 3. The number of fused-ring (bicyclic) bond motifs is 7. The van der Waals surface area contributed by atoms with Crippen LogP contribution in [0.1, 0.15) is 170 Å². The highest BCUT2D eigenvalue weighted by Crippen LogP contribution is 2.78. The van der Waals surface area contributed by atoms with Crippen LogP contribution < -0.4 is 0 Å². The van der Waals surface area contributed by atoms with Crippen LogP contribution in [-0.2, 0) is 28.6 Å². The van der Waals surface area contributed by atoms with Crippen molar-refractivity contribution in [3.63, 3.8) is 0 Å². The van der Waals surface area contributed by atoms with Crippen LogP contribution >= 0.6 is 0 Å². The van der Waals surface area contributed by atoms with Crippen LogP contribution in [0.25, 0.3) is 5.57 Å². The van der Waals surface area contributed by atoms with Crippen LogP contribution in [0.15, 0.2) is 42.5 Å². The summed E-state index contributed by atoms with van der Waals surface area (Å²) in [5.41, 5.74) is 3.33. The average molecular weight is 885 g/mol. The van der Waals surface area contributed by atoms with E-state index in [2.05, 4.69) is 71.2 Å². The van der Waals surface area contributed by atoms with Crippen molar-refractivity contribution in [2.45, 2.75) is 165 Å². The predicted octanol–water partition coefficient (Wildman–Crippen LogP) is 11.3. The number of carbonyl (C=O) groups is 4. The average Bonchev–Trinajstić information content (AvgIpc) is 3.59. The van der Waals surface area contributed by atoms with E-state index in [9.17, 15) is 14.4 Å². The molecule has 0 aliphatic heterocycles. The van der Waals surface area contributed by atoms with Crippen molar-refractivity contribution in [2.75, 3.05) is 40.3 Å². The summed E-state index contributed by atoms with van der Waals surface area (Å²) in [7, 11) is 3.99. The van der Waals surface area contributed by atoms with E-state index < -0.39 is 23.1 Å². The minimum absolute atomic E-state index is 0.00183. The molecule has 1 aromatic carbocycles. The molecule has 0 aromatic heterocycles. The smallest absolute Gasteiger partial charge is 0.338 e. The van der Waals surface area contributed by atoms with Crippen LogP contribution in [0.5, 0.6) is 0 Å². The summed E-state index contributed by atoms with van der Waals surface area (Å²) in [4.78, 5) is 56.3. The number of likely N-dealkylation sites (N-methyl/N-ethyl adjacent to an activating group) is 2. The number of hydrogen-bond donors (Lipinski definition) is 0. The third-order valence-corrected chi connectivity index (χ3v) is 17.8. The van der Waals surface area contributed by atoms with Gasteiger partial charge in [0.05, 0.1) is 23.8 Å². The van der Waals surface area contributed by atoms with E-state index in [1.54, 1.807) is 20.8 Å². The Labute approximate surface area is 386 Å². The van der Waals surface area contributed by atoms with Crippen LogP contribution in [0.3, 0.4) is 0 Å². The summed E-state index contributed by atoms with van der Waals surface area (Å²) in [6.07, 6.45) is 12.3. The van der Waals surface area contributed by atoms with Gasteiger partial charge >= 0.3 is 17.9 Å². The highest BCUT2D eigenvalue weighted by atomic mass is 16.6. The Morgan fingerprint density at radius 3 is 2.00 bits per heavy atom. The fraction of sp³-hybridized carbons (Fsp3) is 0.745. The van der Waals surface area contributed by atoms with Gasteiger partial charge in [0, 0.05) is 26.7 Å². The maximum Gasteiger partial charge on any atom is 0.338 e. The SMILES string of the molecule is C=C(C)[C@@H]1CC[C@]2(C(=O)N(C)CCN(C)CCOC(=O)CCC(=O)OC(C)(C)C)CC[C@]3(C)[C@H](CC[C@@H]4[C@@]5(C)CC=C(c6ccc(C(=O)OC(C)(C)C)cc6)C(C)(C)[C@@H]5CC[C@]43C)[C@@H]12. The summed E-state index contributed by atoms with van der Waals surface area (Å²) in [6.45, 7) is 32.8. The molecule has 0 bridgehead atoms. The molecule has 0 saturated heterocycles. The van der Waals surface area contributed by atoms with Crippen LogP contribution in [0, 0.1) is 56.7 Å². The third-order valence-electron chi connectivity index (χ3n) is 17.8. The van der Waals surface area contributed by atoms with Crippen molar-refractivity contribution in [3.05, 3.63) is 53.6 Å². The van der Waals surface area contributed by atoms with Gasteiger partial charge in [0.1, 0.15) is 17.8 Å². The molecule has 9 nitrogen and oxygen atoms in total. The number of rotatable bonds is 13. The molecule has 0 N–H and O–H groups in total. The molecule has 356 valence electrons. The first kappa shape index (κ1) is 50.0. The van der Waals surface area contributed by atoms with E-state index in [4.69, 9.17) is 14.2 Å². The Balaban J connectivity index is 1.14. The quantitative estimate of drug-likeness (QED) is 0.110. The van der Waals surface area contributed by atoms with Gasteiger partial charge in [-0.25, -0.2) is 4.79 Å². The summed E-state index contributed by atoms with van der Waals surface area (Å²) in [6, 6.07) is 8.11. The van der Waals surface area contributed by atoms with E-state index in [0.717, 1.165) is 38.5 Å². The first-order valence-corrected chi connectivity index (χ1v) is 24.6. The van der Waals surface area contributed by atoms with Crippen LogP contribution in [0.4, 0.5) is 0 Å². The normalized spacial score (nSPS) is 33.1. The molecule has 4 saturated carbocycles. The monoisotopic (exact) mass is 885 g/mol. The highest BCUT2D eigenvalue weighted by Gasteiger charge is 2.71. The first-order chi connectivity index (χ1) is 29.6. The molecule has 5 aliphatic carbocycles. The van der Waals surface area contributed by atoms with Gasteiger partial charge in [0.25, 0.3) is 0 Å². The molecule has 1 aromatic rings. The molecule has 1 amide bonds. The molecule has 0 radical (unpaired) electrons. The van der Waals surface area contributed by atoms with Crippen molar-refractivity contribution in [1.82, 2.24) is 9.80 Å². The molecule has 0 heterocycles. The molecule has 64 heavy (non-hydrogen) atoms. The van der Waals surface area contributed by atoms with Crippen molar-refractivity contribution >= 4 is 29.4 Å². The fourth-order valence-electron chi connectivity index (χ4n) is 14.6. The lowest BCUT2D eigenvalue weighted by Crippen LogP contribution is -2.66. The molecule has 9 atom stereocenters. The largest absolute Gasteiger partial charge is 0.464 e. The maximum atomic E-state index is 15.0. The highest BCUT2D eigenvalue weighted by molar-refractivity contribution is 5.90.